The number of thiol groups is 1. The molecule has 38 heteroatoms. The number of thiocarbonyl (C=S) groups is 4. The van der Waals surface area contributed by atoms with Crippen LogP contribution in [0.5, 0.6) is 0 Å². The molecule has 0 spiro atoms. The minimum Gasteiger partial charge on any atom is -0.467 e. The van der Waals surface area contributed by atoms with Crippen LogP contribution in [0.25, 0.3) is 0 Å². The molecule has 0 atom stereocenters. The van der Waals surface area contributed by atoms with E-state index < -0.39 is 6.09 Å². The molecule has 0 aliphatic heterocycles. The molecule has 0 bridgehead atoms. The van der Waals surface area contributed by atoms with E-state index in [2.05, 4.69) is 196 Å². The van der Waals surface area contributed by atoms with Crippen LogP contribution in [-0.2, 0) is 14.3 Å². The molecule has 33 nitrogen and oxygen atoms in total. The van der Waals surface area contributed by atoms with Crippen molar-refractivity contribution in [2.45, 2.75) is 242 Å². The van der Waals surface area contributed by atoms with Crippen LogP contribution >= 0.6 is 61.5 Å². The van der Waals surface area contributed by atoms with Gasteiger partial charge in [-0.1, -0.05) is 151 Å². The summed E-state index contributed by atoms with van der Waals surface area (Å²) >= 11 is 22.9. The SMILES string of the molecule is C.CC(C)(C)S.CC(C)CC(=O)NN.CC(C)CC(=S)NN.CC(C)CNC(=O)NN.CC(C)CNC(=S)NN.CC(C)CNN.CC(C)CNN.CC(C)CNN.CC(C)N.CC(C)NC(=O)NN.CC(C)NC(=S)NN.CC(C)OC(=O)NN.CC(C)OC(=S)NN. The van der Waals surface area contributed by atoms with E-state index in [4.69, 9.17) is 99.2 Å². The average Bonchev–Trinajstić information content (AvgIpc) is 3.52. The number of nitrogens with two attached hydrogens (primary N) is 12. The maximum Gasteiger partial charge on any atom is 0.421 e. The van der Waals surface area contributed by atoms with Gasteiger partial charge >= 0.3 is 18.2 Å². The molecule has 0 radical (unpaired) electrons. The minimum atomic E-state index is -0.597. The molecule has 39 N–H and O–H groups in total. The second kappa shape index (κ2) is 93.2. The van der Waals surface area contributed by atoms with Crippen molar-refractivity contribution in [2.75, 3.05) is 32.7 Å². The van der Waals surface area contributed by atoms with Gasteiger partial charge in [0.1, 0.15) is 0 Å². The van der Waals surface area contributed by atoms with E-state index in [0.717, 1.165) is 37.6 Å². The Kier molecular flexibility index (Phi) is 122. The van der Waals surface area contributed by atoms with Crippen LogP contribution in [0.2, 0.25) is 0 Å². The van der Waals surface area contributed by atoms with E-state index in [1.54, 1.807) is 13.8 Å². The van der Waals surface area contributed by atoms with Gasteiger partial charge in [0.2, 0.25) is 5.91 Å². The van der Waals surface area contributed by atoms with Crippen molar-refractivity contribution >= 4 is 106 Å². The van der Waals surface area contributed by atoms with Gasteiger partial charge in [-0.3, -0.25) is 71.6 Å². The number of amides is 6. The van der Waals surface area contributed by atoms with Crippen LogP contribution < -0.4 is 151 Å². The third-order valence-corrected chi connectivity index (χ3v) is 7.71. The number of hydrogen-bond acceptors (Lipinski definition) is 26. The van der Waals surface area contributed by atoms with Crippen molar-refractivity contribution in [1.29, 1.82) is 0 Å². The number of hydrogen-bond donors (Lipinski definition) is 28. The van der Waals surface area contributed by atoms with Crippen molar-refractivity contribution in [3.63, 3.8) is 0 Å². The first kappa shape index (κ1) is 123. The molecule has 0 saturated carbocycles. The normalized spacial score (nSPS) is 9.40. The average molecular weight is 1460 g/mol. The molecule has 0 heterocycles. The zero-order valence-electron chi connectivity index (χ0n) is 62.3. The third-order valence-electron chi connectivity index (χ3n) is 6.71. The summed E-state index contributed by atoms with van der Waals surface area (Å²) in [6.45, 7) is 58.2. The predicted octanol–water partition coefficient (Wildman–Crippen LogP) is 3.12. The molecular weight excluding hydrogens is 1310 g/mol. The summed E-state index contributed by atoms with van der Waals surface area (Å²) in [4.78, 5) is 41.9. The van der Waals surface area contributed by atoms with Crippen molar-refractivity contribution in [3.8, 4) is 0 Å². The lowest BCUT2D eigenvalue weighted by Gasteiger charge is -2.08. The lowest BCUT2D eigenvalue weighted by Crippen LogP contribution is -2.42. The second-order valence-electron chi connectivity index (χ2n) is 24.4. The minimum absolute atomic E-state index is 0. The number of rotatable bonds is 18. The predicted molar refractivity (Wildman–Crippen MR) is 420 cm³/mol. The van der Waals surface area contributed by atoms with Crippen LogP contribution in [0, 0.1) is 41.4 Å². The summed E-state index contributed by atoms with van der Waals surface area (Å²) in [6.07, 6.45) is 0.777. The van der Waals surface area contributed by atoms with E-state index in [-0.39, 0.29) is 53.6 Å². The Labute approximate surface area is 598 Å². The number of ether oxygens (including phenoxy) is 2. The topological polar surface area (TPSA) is 579 Å². The summed E-state index contributed by atoms with van der Waals surface area (Å²) in [6, 6.07) is 0.140. The van der Waals surface area contributed by atoms with Crippen LogP contribution in [0.4, 0.5) is 14.4 Å². The second-order valence-corrected chi connectivity index (χ2v) is 27.4. The van der Waals surface area contributed by atoms with Crippen molar-refractivity contribution < 1.29 is 28.7 Å². The Bertz CT molecular complexity index is 1400. The summed E-state index contributed by atoms with van der Waals surface area (Å²) in [5.74, 6) is 57.8. The monoisotopic (exact) mass is 1460 g/mol. The van der Waals surface area contributed by atoms with Gasteiger partial charge < -0.3 is 52.8 Å². The van der Waals surface area contributed by atoms with Gasteiger partial charge in [-0.25, -0.2) is 55.3 Å². The largest absolute Gasteiger partial charge is 0.467 e. The summed E-state index contributed by atoms with van der Waals surface area (Å²) < 4.78 is 9.61. The van der Waals surface area contributed by atoms with E-state index in [1.165, 1.54) is 0 Å². The van der Waals surface area contributed by atoms with Gasteiger partial charge in [0, 0.05) is 62.4 Å². The highest BCUT2D eigenvalue weighted by atomic mass is 32.1. The molecule has 0 aromatic heterocycles. The van der Waals surface area contributed by atoms with Crippen LogP contribution in [-0.4, -0.2) is 112 Å². The smallest absolute Gasteiger partial charge is 0.421 e. The maximum atomic E-state index is 10.4. The lowest BCUT2D eigenvalue weighted by molar-refractivity contribution is -0.121. The highest BCUT2D eigenvalue weighted by Gasteiger charge is 2.02. The standard InChI is InChI=1S/C5H13N3O.C5H13N3S.C5H12N2O.C5H12N2S.C4H11N3O.C4H11N3S.C4H10N2O2.C4H10N2OS.3C4H12N2.C4H10S.C3H9N.CH4/c2*1-4(2)3-7-5(9)8-6;2*1-4(2)3-5(8)7-6;2*1-3(2)6-4(8)7-5;1-3(2)8-4(7)6-5;1-3(2)7-4(8)6-5;3*1-4(2)3-6-5;1-4(2,3)5;1-3(2)4;/h2*4H,3,6H2,1-2H3,(H2,7,8,9);2*4H,3,6H2,1-2H3,(H,7,8);2*3H,5H2,1-2H3,(H2,6,7,8);3H,5H2,1-2H3,(H,6,7);3H,5H2,1-2H3,(H,6,8);3*4,6H,3,5H2,1-2H3;5H,1-3H3;3H,4H2,1-2H3;1H4. The molecule has 0 aromatic rings. The Balaban J connectivity index is -0.0000000617. The fourth-order valence-electron chi connectivity index (χ4n) is 3.37. The van der Waals surface area contributed by atoms with E-state index in [9.17, 15) is 19.2 Å². The number of urea groups is 2. The molecule has 94 heavy (non-hydrogen) atoms. The molecule has 0 unspecified atom stereocenters. The Morgan fingerprint density at radius 3 is 0.830 bits per heavy atom. The van der Waals surface area contributed by atoms with Gasteiger partial charge in [0.15, 0.2) is 10.2 Å². The Morgan fingerprint density at radius 2 is 0.702 bits per heavy atom. The zero-order valence-corrected chi connectivity index (χ0v) is 66.5. The molecule has 0 aromatic carbocycles. The van der Waals surface area contributed by atoms with Gasteiger partial charge in [-0.15, -0.1) is 0 Å². The first-order chi connectivity index (χ1) is 42.4. The number of carbonyl (C=O) groups is 4. The zero-order chi connectivity index (χ0) is 77.0. The van der Waals surface area contributed by atoms with Gasteiger partial charge in [-0.05, 0) is 140 Å². The fourth-order valence-corrected chi connectivity index (χ4v) is 4.21. The third kappa shape index (κ3) is 220. The highest BCUT2D eigenvalue weighted by molar-refractivity contribution is 7.81. The quantitative estimate of drug-likeness (QED) is 0.0308. The molecular formula is C56H151N27O6S5. The van der Waals surface area contributed by atoms with Crippen molar-refractivity contribution in [2.24, 2.45) is 111 Å². The molecule has 576 valence electrons. The van der Waals surface area contributed by atoms with Gasteiger partial charge in [0.25, 0.3) is 5.17 Å². The summed E-state index contributed by atoms with van der Waals surface area (Å²) in [5, 5.41) is 12.1. The molecule has 0 rings (SSSR count). The van der Waals surface area contributed by atoms with E-state index in [0.29, 0.717) is 76.7 Å². The molecule has 0 aliphatic carbocycles. The van der Waals surface area contributed by atoms with E-state index in [1.807, 2.05) is 99.4 Å². The van der Waals surface area contributed by atoms with Crippen LogP contribution in [0.3, 0.4) is 0 Å². The molecule has 0 saturated heterocycles. The number of carbonyl (C=O) groups excluding carboxylic acids is 4. The summed E-state index contributed by atoms with van der Waals surface area (Å²) in [7, 11) is 0. The fraction of sp³-hybridized carbons (Fsp3) is 0.857. The Hall–Kier alpha value is -4.01. The molecule has 0 aliphatic rings. The Morgan fingerprint density at radius 1 is 0.394 bits per heavy atom. The lowest BCUT2D eigenvalue weighted by atomic mass is 10.1. The summed E-state index contributed by atoms with van der Waals surface area (Å²) in [5.41, 5.74) is 29.9. The van der Waals surface area contributed by atoms with Gasteiger partial charge in [0.05, 0.1) is 17.2 Å². The van der Waals surface area contributed by atoms with Crippen molar-refractivity contribution in [3.05, 3.63) is 0 Å². The van der Waals surface area contributed by atoms with Crippen LogP contribution in [0.1, 0.15) is 207 Å². The first-order valence-electron chi connectivity index (χ1n) is 30.5. The molecule has 0 fully saturated rings. The highest BCUT2D eigenvalue weighted by Crippen LogP contribution is 2.07. The van der Waals surface area contributed by atoms with Crippen LogP contribution in [0.15, 0.2) is 0 Å². The number of hydrazine groups is 11. The van der Waals surface area contributed by atoms with Gasteiger partial charge in [-0.2, -0.15) is 12.6 Å². The molecule has 6 amide bonds. The van der Waals surface area contributed by atoms with E-state index >= 15 is 0 Å². The first-order valence-corrected chi connectivity index (χ1v) is 32.6. The number of nitrogens with one attached hydrogen (secondary N) is 15. The maximum absolute atomic E-state index is 10.4. The van der Waals surface area contributed by atoms with Crippen molar-refractivity contribution in [1.82, 2.24) is 81.0 Å².